The van der Waals surface area contributed by atoms with Gasteiger partial charge in [-0.05, 0) is 48.7 Å². The van der Waals surface area contributed by atoms with Crippen LogP contribution in [0.15, 0.2) is 27.4 Å². The van der Waals surface area contributed by atoms with Gasteiger partial charge in [-0.15, -0.1) is 0 Å². The first-order valence-electron chi connectivity index (χ1n) is 6.01. The Labute approximate surface area is 105 Å². The first-order valence-corrected chi connectivity index (χ1v) is 6.95. The highest BCUT2D eigenvalue weighted by Crippen LogP contribution is 2.34. The molecule has 3 nitrogen and oxygen atoms in total. The molecule has 1 saturated heterocycles. The topological polar surface area (TPSA) is 29.3 Å². The molecule has 2 aromatic heterocycles. The predicted octanol–water partition coefficient (Wildman–Crippen LogP) is 3.38. The monoisotopic (exact) mass is 248 g/mol. The minimum absolute atomic E-state index is 0.562. The van der Waals surface area contributed by atoms with Crippen molar-refractivity contribution in [2.45, 2.75) is 32.4 Å². The normalized spacial score (nSPS) is 21.1. The summed E-state index contributed by atoms with van der Waals surface area (Å²) in [7, 11) is 0. The number of likely N-dealkylation sites (tertiary alicyclic amines) is 1. The van der Waals surface area contributed by atoms with Gasteiger partial charge in [-0.1, -0.05) is 5.16 Å². The molecule has 90 valence electrons. The highest BCUT2D eigenvalue weighted by atomic mass is 32.1. The van der Waals surface area contributed by atoms with Crippen molar-refractivity contribution in [1.29, 1.82) is 0 Å². The zero-order valence-electron chi connectivity index (χ0n) is 9.93. The molecule has 1 aliphatic rings. The molecule has 17 heavy (non-hydrogen) atoms. The van der Waals surface area contributed by atoms with Gasteiger partial charge in [0.1, 0.15) is 0 Å². The van der Waals surface area contributed by atoms with E-state index in [1.54, 1.807) is 11.3 Å². The van der Waals surface area contributed by atoms with Gasteiger partial charge in [-0.3, -0.25) is 4.90 Å². The number of nitrogens with zero attached hydrogens (tertiary/aromatic N) is 2. The van der Waals surface area contributed by atoms with E-state index >= 15 is 0 Å². The molecule has 3 heterocycles. The molecule has 1 unspecified atom stereocenters. The first-order chi connectivity index (χ1) is 8.33. The van der Waals surface area contributed by atoms with E-state index in [4.69, 9.17) is 4.52 Å². The fourth-order valence-electron chi connectivity index (χ4n) is 2.55. The lowest BCUT2D eigenvalue weighted by Gasteiger charge is -2.22. The Balaban J connectivity index is 1.74. The quantitative estimate of drug-likeness (QED) is 0.834. The van der Waals surface area contributed by atoms with Crippen LogP contribution in [0.2, 0.25) is 0 Å². The predicted molar refractivity (Wildman–Crippen MR) is 67.9 cm³/mol. The number of aryl methyl sites for hydroxylation is 1. The van der Waals surface area contributed by atoms with Crippen LogP contribution in [-0.4, -0.2) is 16.6 Å². The van der Waals surface area contributed by atoms with E-state index in [1.807, 2.05) is 13.0 Å². The van der Waals surface area contributed by atoms with Crippen LogP contribution in [0.4, 0.5) is 0 Å². The Morgan fingerprint density at radius 2 is 2.53 bits per heavy atom. The Hall–Kier alpha value is -1.13. The standard InChI is InChI=1S/C13H16N2OS/c1-10-7-12(16-14-10)8-15-5-2-3-13(15)11-4-6-17-9-11/h4,6-7,9,13H,2-3,5,8H2,1H3. The molecule has 0 radical (unpaired) electrons. The second-order valence-corrected chi connectivity index (χ2v) is 5.40. The molecule has 4 heteroatoms. The summed E-state index contributed by atoms with van der Waals surface area (Å²) in [5.41, 5.74) is 2.41. The van der Waals surface area contributed by atoms with Crippen LogP contribution in [0.3, 0.4) is 0 Å². The summed E-state index contributed by atoms with van der Waals surface area (Å²) < 4.78 is 5.30. The second-order valence-electron chi connectivity index (χ2n) is 4.62. The van der Waals surface area contributed by atoms with Crippen LogP contribution in [0.5, 0.6) is 0 Å². The maximum atomic E-state index is 5.30. The fraction of sp³-hybridized carbons (Fsp3) is 0.462. The highest BCUT2D eigenvalue weighted by Gasteiger charge is 2.27. The molecule has 0 amide bonds. The van der Waals surface area contributed by atoms with Crippen molar-refractivity contribution in [3.8, 4) is 0 Å². The van der Waals surface area contributed by atoms with E-state index in [9.17, 15) is 0 Å². The first kappa shape index (κ1) is 11.0. The number of rotatable bonds is 3. The Bertz CT molecular complexity index is 477. The van der Waals surface area contributed by atoms with Crippen molar-refractivity contribution in [2.24, 2.45) is 0 Å². The van der Waals surface area contributed by atoms with Crippen LogP contribution in [-0.2, 0) is 6.54 Å². The molecule has 0 aromatic carbocycles. The summed E-state index contributed by atoms with van der Waals surface area (Å²) in [5, 5.41) is 8.36. The van der Waals surface area contributed by atoms with Gasteiger partial charge in [0, 0.05) is 12.1 Å². The van der Waals surface area contributed by atoms with E-state index in [0.29, 0.717) is 6.04 Å². The lowest BCUT2D eigenvalue weighted by atomic mass is 10.1. The number of aromatic nitrogens is 1. The summed E-state index contributed by atoms with van der Waals surface area (Å²) in [6.07, 6.45) is 2.53. The van der Waals surface area contributed by atoms with Crippen molar-refractivity contribution in [3.05, 3.63) is 39.9 Å². The fourth-order valence-corrected chi connectivity index (χ4v) is 3.26. The van der Waals surface area contributed by atoms with E-state index < -0.39 is 0 Å². The lowest BCUT2D eigenvalue weighted by Crippen LogP contribution is -2.22. The number of hydrogen-bond donors (Lipinski definition) is 0. The SMILES string of the molecule is Cc1cc(CN2CCCC2c2ccsc2)on1. The lowest BCUT2D eigenvalue weighted by molar-refractivity contribution is 0.217. The van der Waals surface area contributed by atoms with Crippen molar-refractivity contribution in [3.63, 3.8) is 0 Å². The summed E-state index contributed by atoms with van der Waals surface area (Å²) in [4.78, 5) is 2.49. The minimum Gasteiger partial charge on any atom is -0.360 e. The molecule has 1 atom stereocenters. The van der Waals surface area contributed by atoms with E-state index in [0.717, 1.165) is 24.5 Å². The van der Waals surface area contributed by atoms with E-state index in [2.05, 4.69) is 26.9 Å². The zero-order chi connectivity index (χ0) is 11.7. The maximum absolute atomic E-state index is 5.30. The van der Waals surface area contributed by atoms with Crippen molar-refractivity contribution < 1.29 is 4.52 Å². The molecule has 2 aromatic rings. The number of thiophene rings is 1. The van der Waals surface area contributed by atoms with Gasteiger partial charge in [0.2, 0.25) is 0 Å². The highest BCUT2D eigenvalue weighted by molar-refractivity contribution is 7.07. The Morgan fingerprint density at radius 1 is 1.59 bits per heavy atom. The van der Waals surface area contributed by atoms with Gasteiger partial charge in [-0.25, -0.2) is 0 Å². The van der Waals surface area contributed by atoms with Gasteiger partial charge in [0.25, 0.3) is 0 Å². The third-order valence-corrected chi connectivity index (χ3v) is 4.03. The van der Waals surface area contributed by atoms with Crippen LogP contribution in [0.25, 0.3) is 0 Å². The summed E-state index contributed by atoms with van der Waals surface area (Å²) in [6, 6.07) is 4.83. The molecular weight excluding hydrogens is 232 g/mol. The second kappa shape index (κ2) is 4.63. The molecule has 0 saturated carbocycles. The summed E-state index contributed by atoms with van der Waals surface area (Å²) >= 11 is 1.78. The summed E-state index contributed by atoms with van der Waals surface area (Å²) in [6.45, 7) is 3.99. The molecule has 0 aliphatic carbocycles. The largest absolute Gasteiger partial charge is 0.360 e. The van der Waals surface area contributed by atoms with Crippen molar-refractivity contribution >= 4 is 11.3 Å². The molecular formula is C13H16N2OS. The molecule has 1 aliphatic heterocycles. The van der Waals surface area contributed by atoms with Crippen molar-refractivity contribution in [1.82, 2.24) is 10.1 Å². The smallest absolute Gasteiger partial charge is 0.150 e. The van der Waals surface area contributed by atoms with Crippen LogP contribution in [0.1, 0.15) is 35.9 Å². The molecule has 0 spiro atoms. The van der Waals surface area contributed by atoms with Gasteiger partial charge in [-0.2, -0.15) is 11.3 Å². The minimum atomic E-state index is 0.562. The van der Waals surface area contributed by atoms with E-state index in [-0.39, 0.29) is 0 Å². The maximum Gasteiger partial charge on any atom is 0.150 e. The van der Waals surface area contributed by atoms with Crippen LogP contribution in [0, 0.1) is 6.92 Å². The van der Waals surface area contributed by atoms with Gasteiger partial charge in [0.15, 0.2) is 5.76 Å². The summed E-state index contributed by atoms with van der Waals surface area (Å²) in [5.74, 6) is 0.977. The third-order valence-electron chi connectivity index (χ3n) is 3.33. The third kappa shape index (κ3) is 2.28. The Kier molecular flexibility index (Phi) is 2.99. The van der Waals surface area contributed by atoms with E-state index in [1.165, 1.54) is 18.4 Å². The molecule has 3 rings (SSSR count). The van der Waals surface area contributed by atoms with Gasteiger partial charge < -0.3 is 4.52 Å². The van der Waals surface area contributed by atoms with Gasteiger partial charge >= 0.3 is 0 Å². The average molecular weight is 248 g/mol. The molecule has 1 fully saturated rings. The Morgan fingerprint density at radius 3 is 3.24 bits per heavy atom. The number of hydrogen-bond acceptors (Lipinski definition) is 4. The molecule has 0 bridgehead atoms. The molecule has 0 N–H and O–H groups in total. The average Bonchev–Trinajstić information content (AvgIpc) is 3.00. The van der Waals surface area contributed by atoms with Crippen LogP contribution < -0.4 is 0 Å². The zero-order valence-corrected chi connectivity index (χ0v) is 10.7. The van der Waals surface area contributed by atoms with Gasteiger partial charge in [0.05, 0.1) is 12.2 Å². The van der Waals surface area contributed by atoms with Crippen molar-refractivity contribution in [2.75, 3.05) is 6.54 Å². The van der Waals surface area contributed by atoms with Crippen LogP contribution >= 0.6 is 11.3 Å².